The number of nitrogens with one attached hydrogen (secondary N) is 1. The summed E-state index contributed by atoms with van der Waals surface area (Å²) in [5.41, 5.74) is 0.866. The first-order chi connectivity index (χ1) is 9.54. The Kier molecular flexibility index (Phi) is 7.30. The Morgan fingerprint density at radius 2 is 2.15 bits per heavy atom. The molecule has 1 rings (SSSR count). The smallest absolute Gasteiger partial charge is 0.268 e. The molecule has 0 aliphatic rings. The number of anilines is 1. The van der Waals surface area contributed by atoms with Gasteiger partial charge in [-0.05, 0) is 38.8 Å². The molecule has 0 saturated carbocycles. The molecule has 1 aromatic heterocycles. The predicted octanol–water partition coefficient (Wildman–Crippen LogP) is 1.73. The summed E-state index contributed by atoms with van der Waals surface area (Å²) >= 11 is 0. The quantitative estimate of drug-likeness (QED) is 0.700. The zero-order valence-corrected chi connectivity index (χ0v) is 13.2. The summed E-state index contributed by atoms with van der Waals surface area (Å²) in [6.07, 6.45) is 3.81. The maximum Gasteiger partial charge on any atom is 0.268 e. The fraction of sp³-hybridized carbons (Fsp3) is 0.733. The zero-order chi connectivity index (χ0) is 15.0. The molecule has 0 unspecified atom stereocenters. The van der Waals surface area contributed by atoms with Crippen molar-refractivity contribution in [2.75, 3.05) is 31.6 Å². The summed E-state index contributed by atoms with van der Waals surface area (Å²) in [5.74, 6) is 0.683. The fourth-order valence-corrected chi connectivity index (χ4v) is 1.89. The van der Waals surface area contributed by atoms with E-state index in [-0.39, 0.29) is 5.56 Å². The van der Waals surface area contributed by atoms with Crippen LogP contribution in [0.2, 0.25) is 0 Å². The molecule has 1 heterocycles. The molecular formula is C15H28N4O. The van der Waals surface area contributed by atoms with Crippen LogP contribution in [0.4, 0.5) is 5.69 Å². The highest BCUT2D eigenvalue weighted by molar-refractivity contribution is 5.41. The Hall–Kier alpha value is -1.36. The third kappa shape index (κ3) is 5.74. The summed E-state index contributed by atoms with van der Waals surface area (Å²) in [7, 11) is 1.96. The van der Waals surface area contributed by atoms with Crippen molar-refractivity contribution >= 4 is 5.69 Å². The van der Waals surface area contributed by atoms with Gasteiger partial charge in [-0.25, -0.2) is 4.68 Å². The summed E-state index contributed by atoms with van der Waals surface area (Å²) in [6.45, 7) is 10.1. The van der Waals surface area contributed by atoms with Gasteiger partial charge in [-0.2, -0.15) is 5.10 Å². The van der Waals surface area contributed by atoms with E-state index in [1.165, 1.54) is 0 Å². The molecule has 0 aliphatic carbocycles. The molecule has 1 N–H and O–H groups in total. The Bertz CT molecular complexity index is 442. The summed E-state index contributed by atoms with van der Waals surface area (Å²) in [4.78, 5) is 13.9. The first-order valence-electron chi connectivity index (χ1n) is 7.53. The molecule has 20 heavy (non-hydrogen) atoms. The molecule has 0 fully saturated rings. The standard InChI is InChI=1S/C15H28N4O/c1-5-18(4)14-10-15(20)19(17-12-14)9-7-6-8-16-11-13(2)3/h10,12-13,16H,5-9,11H2,1-4H3. The van der Waals surface area contributed by atoms with Gasteiger partial charge in [0.1, 0.15) is 0 Å². The summed E-state index contributed by atoms with van der Waals surface area (Å²) in [6, 6.07) is 1.66. The number of nitrogens with zero attached hydrogens (tertiary/aromatic N) is 3. The third-order valence-electron chi connectivity index (χ3n) is 3.30. The van der Waals surface area contributed by atoms with Gasteiger partial charge in [0, 0.05) is 26.2 Å². The molecule has 0 bridgehead atoms. The van der Waals surface area contributed by atoms with Gasteiger partial charge in [-0.3, -0.25) is 4.79 Å². The van der Waals surface area contributed by atoms with Crippen LogP contribution < -0.4 is 15.8 Å². The van der Waals surface area contributed by atoms with Gasteiger partial charge in [-0.1, -0.05) is 13.8 Å². The average molecular weight is 280 g/mol. The molecule has 0 aliphatic heterocycles. The number of rotatable bonds is 9. The third-order valence-corrected chi connectivity index (χ3v) is 3.30. The summed E-state index contributed by atoms with van der Waals surface area (Å²) in [5, 5.41) is 7.64. The second kappa shape index (κ2) is 8.74. The lowest BCUT2D eigenvalue weighted by molar-refractivity contribution is 0.495. The van der Waals surface area contributed by atoms with Crippen LogP contribution in [0, 0.1) is 5.92 Å². The normalized spacial score (nSPS) is 11.1. The number of aryl methyl sites for hydroxylation is 1. The van der Waals surface area contributed by atoms with Crippen LogP contribution in [0.15, 0.2) is 17.1 Å². The van der Waals surface area contributed by atoms with Gasteiger partial charge in [-0.15, -0.1) is 0 Å². The van der Waals surface area contributed by atoms with E-state index in [2.05, 4.69) is 31.2 Å². The van der Waals surface area contributed by atoms with Crippen LogP contribution in [0.5, 0.6) is 0 Å². The Balaban J connectivity index is 2.36. The molecule has 114 valence electrons. The second-order valence-corrected chi connectivity index (χ2v) is 5.59. The van der Waals surface area contributed by atoms with Gasteiger partial charge >= 0.3 is 0 Å². The first-order valence-corrected chi connectivity index (χ1v) is 7.53. The van der Waals surface area contributed by atoms with Crippen LogP contribution >= 0.6 is 0 Å². The lowest BCUT2D eigenvalue weighted by Crippen LogP contribution is -2.26. The minimum atomic E-state index is -0.0158. The molecular weight excluding hydrogens is 252 g/mol. The van der Waals surface area contributed by atoms with Gasteiger partial charge in [0.05, 0.1) is 11.9 Å². The van der Waals surface area contributed by atoms with Crippen molar-refractivity contribution < 1.29 is 0 Å². The molecule has 5 heteroatoms. The predicted molar refractivity (Wildman–Crippen MR) is 84.4 cm³/mol. The van der Waals surface area contributed by atoms with Crippen molar-refractivity contribution in [3.05, 3.63) is 22.6 Å². The molecule has 0 saturated heterocycles. The number of unbranched alkanes of at least 4 members (excludes halogenated alkanes) is 1. The Morgan fingerprint density at radius 3 is 2.75 bits per heavy atom. The summed E-state index contributed by atoms with van der Waals surface area (Å²) < 4.78 is 1.55. The van der Waals surface area contributed by atoms with Crippen LogP contribution in [-0.4, -0.2) is 36.5 Å². The highest BCUT2D eigenvalue weighted by Crippen LogP contribution is 2.05. The minimum Gasteiger partial charge on any atom is -0.373 e. The molecule has 0 spiro atoms. The zero-order valence-electron chi connectivity index (χ0n) is 13.2. The van der Waals surface area contributed by atoms with Gasteiger partial charge in [0.2, 0.25) is 0 Å². The van der Waals surface area contributed by atoms with E-state index in [1.54, 1.807) is 16.9 Å². The number of aromatic nitrogens is 2. The molecule has 1 aromatic rings. The van der Waals surface area contributed by atoms with E-state index >= 15 is 0 Å². The van der Waals surface area contributed by atoms with Crippen molar-refractivity contribution in [2.45, 2.75) is 40.2 Å². The molecule has 5 nitrogen and oxygen atoms in total. The van der Waals surface area contributed by atoms with E-state index in [1.807, 2.05) is 11.9 Å². The van der Waals surface area contributed by atoms with Crippen molar-refractivity contribution in [3.63, 3.8) is 0 Å². The average Bonchev–Trinajstić information content (AvgIpc) is 2.42. The Labute approximate surface area is 122 Å². The monoisotopic (exact) mass is 280 g/mol. The van der Waals surface area contributed by atoms with Gasteiger partial charge in [0.15, 0.2) is 0 Å². The highest BCUT2D eigenvalue weighted by Gasteiger charge is 2.03. The molecule has 0 aromatic carbocycles. The van der Waals surface area contributed by atoms with E-state index in [0.717, 1.165) is 38.2 Å². The topological polar surface area (TPSA) is 50.2 Å². The van der Waals surface area contributed by atoms with Gasteiger partial charge < -0.3 is 10.2 Å². The maximum absolute atomic E-state index is 11.9. The second-order valence-electron chi connectivity index (χ2n) is 5.59. The lowest BCUT2D eigenvalue weighted by Gasteiger charge is -2.16. The van der Waals surface area contributed by atoms with Crippen molar-refractivity contribution in [1.82, 2.24) is 15.1 Å². The van der Waals surface area contributed by atoms with E-state index in [9.17, 15) is 4.79 Å². The molecule has 0 amide bonds. The van der Waals surface area contributed by atoms with Crippen molar-refractivity contribution in [1.29, 1.82) is 0 Å². The fourth-order valence-electron chi connectivity index (χ4n) is 1.89. The first kappa shape index (κ1) is 16.7. The number of hydrogen-bond acceptors (Lipinski definition) is 4. The van der Waals surface area contributed by atoms with Crippen molar-refractivity contribution in [2.24, 2.45) is 5.92 Å². The van der Waals surface area contributed by atoms with Crippen LogP contribution in [0.1, 0.15) is 33.6 Å². The van der Waals surface area contributed by atoms with Crippen LogP contribution in [0.3, 0.4) is 0 Å². The molecule has 0 radical (unpaired) electrons. The SMILES string of the molecule is CCN(C)c1cnn(CCCCNCC(C)C)c(=O)c1. The van der Waals surface area contributed by atoms with Gasteiger partial charge in [0.25, 0.3) is 5.56 Å². The number of hydrogen-bond donors (Lipinski definition) is 1. The Morgan fingerprint density at radius 1 is 1.40 bits per heavy atom. The van der Waals surface area contributed by atoms with Crippen molar-refractivity contribution in [3.8, 4) is 0 Å². The van der Waals surface area contributed by atoms with Crippen LogP contribution in [0.25, 0.3) is 0 Å². The largest absolute Gasteiger partial charge is 0.373 e. The maximum atomic E-state index is 11.9. The lowest BCUT2D eigenvalue weighted by atomic mass is 10.2. The highest BCUT2D eigenvalue weighted by atomic mass is 16.1. The minimum absolute atomic E-state index is 0.0158. The van der Waals surface area contributed by atoms with E-state index in [4.69, 9.17) is 0 Å². The van der Waals surface area contributed by atoms with Crippen LogP contribution in [-0.2, 0) is 6.54 Å². The molecule has 0 atom stereocenters. The van der Waals surface area contributed by atoms with E-state index < -0.39 is 0 Å². The van der Waals surface area contributed by atoms with E-state index in [0.29, 0.717) is 12.5 Å².